The number of benzene rings is 8. The summed E-state index contributed by atoms with van der Waals surface area (Å²) in [4.78, 5) is 0. The van der Waals surface area contributed by atoms with E-state index in [1.165, 1.54) is 38.5 Å². The molecule has 0 amide bonds. The molecular formula is C50H33NO2. The Morgan fingerprint density at radius 3 is 1.81 bits per heavy atom. The van der Waals surface area contributed by atoms with Gasteiger partial charge in [-0.2, -0.15) is 0 Å². The third-order valence-electron chi connectivity index (χ3n) is 11.0. The van der Waals surface area contributed by atoms with E-state index in [1.54, 1.807) is 0 Å². The normalized spacial score (nSPS) is 12.5. The number of para-hydroxylation sites is 3. The number of rotatable bonds is 4. The average Bonchev–Trinajstić information content (AvgIpc) is 3.70. The molecule has 0 spiro atoms. The summed E-state index contributed by atoms with van der Waals surface area (Å²) in [5, 5.41) is 4.68. The molecule has 2 aromatic heterocycles. The van der Waals surface area contributed by atoms with Gasteiger partial charge in [-0.15, -0.1) is 0 Å². The highest BCUT2D eigenvalue weighted by atomic mass is 16.5. The Morgan fingerprint density at radius 1 is 0.396 bits per heavy atom. The van der Waals surface area contributed by atoms with Gasteiger partial charge < -0.3 is 13.7 Å². The molecule has 10 aromatic rings. The SMILES string of the molecule is c1ccc(-c2ccc(-n3c4c(-c5ccc6c(c5)OCCc5ccccc5-6)cccc4c4cccc(-c5ccc6c(c5)oc5ccccc56)c43)cc2)cc1. The molecule has 1 aliphatic rings. The maximum atomic E-state index is 6.45. The van der Waals surface area contributed by atoms with Gasteiger partial charge in [-0.3, -0.25) is 0 Å². The average molecular weight is 680 g/mol. The number of hydrogen-bond donors (Lipinski definition) is 0. The summed E-state index contributed by atoms with van der Waals surface area (Å²) >= 11 is 0. The van der Waals surface area contributed by atoms with E-state index in [2.05, 4.69) is 168 Å². The fourth-order valence-corrected chi connectivity index (χ4v) is 8.47. The molecule has 0 aliphatic carbocycles. The van der Waals surface area contributed by atoms with Crippen molar-refractivity contribution in [3.63, 3.8) is 0 Å². The van der Waals surface area contributed by atoms with Crippen molar-refractivity contribution in [3.05, 3.63) is 181 Å². The molecule has 0 N–H and O–H groups in total. The van der Waals surface area contributed by atoms with Crippen molar-refractivity contribution < 1.29 is 9.15 Å². The van der Waals surface area contributed by atoms with Gasteiger partial charge in [0.2, 0.25) is 0 Å². The van der Waals surface area contributed by atoms with Crippen LogP contribution >= 0.6 is 0 Å². The first-order valence-corrected chi connectivity index (χ1v) is 18.3. The highest BCUT2D eigenvalue weighted by Crippen LogP contribution is 2.45. The molecule has 0 fully saturated rings. The van der Waals surface area contributed by atoms with E-state index in [0.29, 0.717) is 6.61 Å². The molecular weight excluding hydrogens is 647 g/mol. The van der Waals surface area contributed by atoms with Crippen LogP contribution in [0.2, 0.25) is 0 Å². The molecule has 0 bridgehead atoms. The van der Waals surface area contributed by atoms with Crippen molar-refractivity contribution in [2.24, 2.45) is 0 Å². The van der Waals surface area contributed by atoms with E-state index in [0.717, 1.165) is 73.1 Å². The monoisotopic (exact) mass is 679 g/mol. The van der Waals surface area contributed by atoms with Crippen LogP contribution in [-0.2, 0) is 6.42 Å². The number of fused-ring (bicyclic) bond motifs is 9. The van der Waals surface area contributed by atoms with Crippen LogP contribution in [0.5, 0.6) is 5.75 Å². The Hall–Kier alpha value is -6.84. The third-order valence-corrected chi connectivity index (χ3v) is 11.0. The third kappa shape index (κ3) is 4.74. The lowest BCUT2D eigenvalue weighted by Gasteiger charge is -2.16. The van der Waals surface area contributed by atoms with Gasteiger partial charge in [0.05, 0.1) is 17.6 Å². The Bertz CT molecular complexity index is 3020. The van der Waals surface area contributed by atoms with E-state index >= 15 is 0 Å². The molecule has 11 rings (SSSR count). The highest BCUT2D eigenvalue weighted by molar-refractivity contribution is 6.18. The van der Waals surface area contributed by atoms with Crippen LogP contribution in [0.4, 0.5) is 0 Å². The fourth-order valence-electron chi connectivity index (χ4n) is 8.47. The second-order valence-corrected chi connectivity index (χ2v) is 13.9. The zero-order valence-corrected chi connectivity index (χ0v) is 28.9. The van der Waals surface area contributed by atoms with Gasteiger partial charge in [0.1, 0.15) is 16.9 Å². The Kier molecular flexibility index (Phi) is 6.68. The van der Waals surface area contributed by atoms with Crippen LogP contribution in [0.15, 0.2) is 180 Å². The van der Waals surface area contributed by atoms with E-state index in [-0.39, 0.29) is 0 Å². The molecule has 0 radical (unpaired) electrons. The molecule has 250 valence electrons. The minimum Gasteiger partial charge on any atom is -0.493 e. The summed E-state index contributed by atoms with van der Waals surface area (Å²) in [6.45, 7) is 0.657. The van der Waals surface area contributed by atoms with Gasteiger partial charge in [-0.25, -0.2) is 0 Å². The predicted molar refractivity (Wildman–Crippen MR) is 219 cm³/mol. The Labute approximate surface area is 306 Å². The van der Waals surface area contributed by atoms with Gasteiger partial charge in [0, 0.05) is 50.3 Å². The van der Waals surface area contributed by atoms with Gasteiger partial charge in [-0.05, 0) is 69.8 Å². The van der Waals surface area contributed by atoms with Crippen LogP contribution < -0.4 is 4.74 Å². The molecule has 8 aromatic carbocycles. The summed E-state index contributed by atoms with van der Waals surface area (Å²) in [6.07, 6.45) is 0.894. The number of nitrogens with zero attached hydrogens (tertiary/aromatic N) is 1. The zero-order valence-electron chi connectivity index (χ0n) is 28.9. The second kappa shape index (κ2) is 11.9. The summed E-state index contributed by atoms with van der Waals surface area (Å²) < 4.78 is 15.3. The topological polar surface area (TPSA) is 27.3 Å². The van der Waals surface area contributed by atoms with Crippen LogP contribution in [0.3, 0.4) is 0 Å². The van der Waals surface area contributed by atoms with Crippen molar-refractivity contribution >= 4 is 43.7 Å². The number of ether oxygens (including phenoxy) is 1. The lowest BCUT2D eigenvalue weighted by Crippen LogP contribution is -1.99. The van der Waals surface area contributed by atoms with Crippen LogP contribution in [-0.4, -0.2) is 11.2 Å². The number of aromatic nitrogens is 1. The lowest BCUT2D eigenvalue weighted by atomic mass is 9.95. The molecule has 1 aliphatic heterocycles. The second-order valence-electron chi connectivity index (χ2n) is 13.9. The summed E-state index contributed by atoms with van der Waals surface area (Å²) in [5.41, 5.74) is 15.9. The summed E-state index contributed by atoms with van der Waals surface area (Å²) in [5.74, 6) is 0.930. The van der Waals surface area contributed by atoms with E-state index in [4.69, 9.17) is 9.15 Å². The standard InChI is InChI=1S/C50H33NO2/c1-2-10-32(11-3-1)33-20-24-37(25-21-33)51-49-39(35-22-26-42-38-13-5-4-12-34(38)28-29-52-47(42)30-35)15-8-17-44(49)45-18-9-16-40(50(45)51)36-23-27-43-41-14-6-7-19-46(41)53-48(43)31-36/h1-27,30-31H,28-29H2. The van der Waals surface area contributed by atoms with Gasteiger partial charge in [-0.1, -0.05) is 140 Å². The van der Waals surface area contributed by atoms with Crippen LogP contribution in [0.1, 0.15) is 5.56 Å². The number of hydrogen-bond acceptors (Lipinski definition) is 2. The van der Waals surface area contributed by atoms with Crippen LogP contribution in [0.25, 0.3) is 93.9 Å². The molecule has 0 saturated carbocycles. The van der Waals surface area contributed by atoms with Crippen molar-refractivity contribution in [1.29, 1.82) is 0 Å². The first-order chi connectivity index (χ1) is 26.3. The molecule has 0 unspecified atom stereocenters. The van der Waals surface area contributed by atoms with E-state index < -0.39 is 0 Å². The van der Waals surface area contributed by atoms with Gasteiger partial charge >= 0.3 is 0 Å². The van der Waals surface area contributed by atoms with Crippen molar-refractivity contribution in [1.82, 2.24) is 4.57 Å². The summed E-state index contributed by atoms with van der Waals surface area (Å²) in [6, 6.07) is 63.3. The largest absolute Gasteiger partial charge is 0.493 e. The molecule has 3 heterocycles. The quantitative estimate of drug-likeness (QED) is 0.185. The fraction of sp³-hybridized carbons (Fsp3) is 0.0400. The highest BCUT2D eigenvalue weighted by Gasteiger charge is 2.22. The Morgan fingerprint density at radius 2 is 1.00 bits per heavy atom. The maximum Gasteiger partial charge on any atom is 0.136 e. The lowest BCUT2D eigenvalue weighted by molar-refractivity contribution is 0.326. The molecule has 3 heteroatoms. The predicted octanol–water partition coefficient (Wildman–Crippen LogP) is 13.3. The van der Waals surface area contributed by atoms with E-state index in [1.807, 2.05) is 12.1 Å². The molecule has 53 heavy (non-hydrogen) atoms. The van der Waals surface area contributed by atoms with Crippen molar-refractivity contribution in [2.45, 2.75) is 6.42 Å². The first-order valence-electron chi connectivity index (χ1n) is 18.3. The van der Waals surface area contributed by atoms with Crippen molar-refractivity contribution in [3.8, 4) is 55.9 Å². The summed E-state index contributed by atoms with van der Waals surface area (Å²) in [7, 11) is 0. The van der Waals surface area contributed by atoms with Gasteiger partial charge in [0.15, 0.2) is 0 Å². The smallest absolute Gasteiger partial charge is 0.136 e. The molecule has 0 atom stereocenters. The van der Waals surface area contributed by atoms with Crippen LogP contribution in [0, 0.1) is 0 Å². The minimum absolute atomic E-state index is 0.657. The molecule has 0 saturated heterocycles. The first kappa shape index (κ1) is 29.8. The maximum absolute atomic E-state index is 6.45. The minimum atomic E-state index is 0.657. The van der Waals surface area contributed by atoms with Crippen molar-refractivity contribution in [2.75, 3.05) is 6.61 Å². The zero-order chi connectivity index (χ0) is 34.9. The van der Waals surface area contributed by atoms with E-state index in [9.17, 15) is 0 Å². The Balaban J connectivity index is 1.17. The van der Waals surface area contributed by atoms with Gasteiger partial charge in [0.25, 0.3) is 0 Å². The number of furan rings is 1. The molecule has 3 nitrogen and oxygen atoms in total.